The lowest BCUT2D eigenvalue weighted by atomic mass is 10.0. The second-order valence-electron chi connectivity index (χ2n) is 6.47. The number of hydrogen-bond donors (Lipinski definition) is 1. The van der Waals surface area contributed by atoms with Crippen LogP contribution in [0.25, 0.3) is 21.8 Å². The second kappa shape index (κ2) is 8.96. The van der Waals surface area contributed by atoms with E-state index in [9.17, 15) is 9.59 Å². The van der Waals surface area contributed by atoms with Crippen LogP contribution in [0.1, 0.15) is 36.0 Å². The van der Waals surface area contributed by atoms with Crippen LogP contribution in [0.15, 0.2) is 48.5 Å². The molecule has 3 aromatic rings. The Hall–Kier alpha value is -3.46. The number of benzene rings is 2. The highest BCUT2D eigenvalue weighted by Crippen LogP contribution is 2.26. The summed E-state index contributed by atoms with van der Waals surface area (Å²) < 4.78 is 4.85. The van der Waals surface area contributed by atoms with Gasteiger partial charge in [0.25, 0.3) is 5.91 Å². The molecule has 3 rings (SSSR count). The molecule has 0 aliphatic heterocycles. The maximum Gasteiger partial charge on any atom is 0.328 e. The summed E-state index contributed by atoms with van der Waals surface area (Å²) in [6, 6.07) is 16.2. The number of carbonyl (C=O) groups is 2. The highest BCUT2D eigenvalue weighted by Gasteiger charge is 2.24. The maximum absolute atomic E-state index is 13.2. The summed E-state index contributed by atoms with van der Waals surface area (Å²) in [5.41, 5.74) is 1.93. The molecule has 0 bridgehead atoms. The number of carbonyl (C=O) groups excluding carboxylic acids is 2. The lowest BCUT2D eigenvalue weighted by Crippen LogP contribution is -2.41. The number of unbranched alkanes of at least 4 members (excludes halogenated alkanes) is 2. The van der Waals surface area contributed by atoms with Crippen LogP contribution in [-0.4, -0.2) is 30.0 Å². The topological polar surface area (TPSA) is 92.1 Å². The van der Waals surface area contributed by atoms with Crippen LogP contribution in [0.4, 0.5) is 0 Å². The number of aromatic nitrogens is 1. The number of nitrogens with zero attached hydrogens (tertiary/aromatic N) is 2. The second-order valence-corrected chi connectivity index (χ2v) is 6.47. The van der Waals surface area contributed by atoms with Crippen molar-refractivity contribution in [3.63, 3.8) is 0 Å². The van der Waals surface area contributed by atoms with Crippen LogP contribution in [0.3, 0.4) is 0 Å². The molecule has 0 spiro atoms. The van der Waals surface area contributed by atoms with Gasteiger partial charge >= 0.3 is 5.97 Å². The van der Waals surface area contributed by atoms with Crippen LogP contribution >= 0.6 is 0 Å². The quantitative estimate of drug-likeness (QED) is 0.386. The normalized spacial score (nSPS) is 11.7. The van der Waals surface area contributed by atoms with Gasteiger partial charge in [0.15, 0.2) is 0 Å². The molecule has 1 amide bonds. The first-order chi connectivity index (χ1) is 13.7. The van der Waals surface area contributed by atoms with Crippen LogP contribution in [0.2, 0.25) is 0 Å². The summed E-state index contributed by atoms with van der Waals surface area (Å²) in [6.07, 6.45) is 2.15. The highest BCUT2D eigenvalue weighted by molar-refractivity contribution is 6.16. The number of rotatable bonds is 7. The fourth-order valence-corrected chi connectivity index (χ4v) is 3.26. The fourth-order valence-electron chi connectivity index (χ4n) is 3.26. The van der Waals surface area contributed by atoms with Gasteiger partial charge in [0, 0.05) is 17.2 Å². The van der Waals surface area contributed by atoms with E-state index in [4.69, 9.17) is 10.00 Å². The molecule has 2 aromatic carbocycles. The Bertz CT molecular complexity index is 1000. The van der Waals surface area contributed by atoms with Gasteiger partial charge in [0.1, 0.15) is 6.04 Å². The number of ether oxygens (including phenoxy) is 1. The van der Waals surface area contributed by atoms with Crippen molar-refractivity contribution in [2.75, 3.05) is 7.11 Å². The van der Waals surface area contributed by atoms with Crippen LogP contribution in [0, 0.1) is 11.3 Å². The summed E-state index contributed by atoms with van der Waals surface area (Å²) in [7, 11) is 1.30. The van der Waals surface area contributed by atoms with Crippen molar-refractivity contribution in [2.24, 2.45) is 0 Å². The van der Waals surface area contributed by atoms with Crippen molar-refractivity contribution in [3.8, 4) is 6.07 Å². The summed E-state index contributed by atoms with van der Waals surface area (Å²) in [5, 5.41) is 12.9. The fraction of sp³-hybridized carbons (Fsp3) is 0.273. The van der Waals surface area contributed by atoms with Gasteiger partial charge in [-0.25, -0.2) is 9.78 Å². The van der Waals surface area contributed by atoms with Crippen molar-refractivity contribution in [1.82, 2.24) is 10.3 Å². The molecule has 6 heteroatoms. The lowest BCUT2D eigenvalue weighted by Gasteiger charge is -2.18. The van der Waals surface area contributed by atoms with Gasteiger partial charge < -0.3 is 10.1 Å². The molecule has 1 heterocycles. The zero-order valence-electron chi connectivity index (χ0n) is 15.6. The first kappa shape index (κ1) is 19.3. The molecular weight excluding hydrogens is 354 g/mol. The van der Waals surface area contributed by atoms with Gasteiger partial charge in [-0.05, 0) is 31.4 Å². The number of amides is 1. The number of methoxy groups -OCH3 is 1. The molecule has 1 aromatic heterocycles. The Morgan fingerprint density at radius 1 is 1.07 bits per heavy atom. The Morgan fingerprint density at radius 2 is 1.68 bits per heavy atom. The Balaban J connectivity index is 1.96. The number of para-hydroxylation sites is 2. The molecule has 1 N–H and O–H groups in total. The molecule has 0 aliphatic rings. The molecule has 28 heavy (non-hydrogen) atoms. The standard InChI is InChI=1S/C22H21N3O3/c1-28-22(27)19(13-3-2-8-14-23)25-21(26)20-15-9-4-6-11-17(15)24-18-12-7-5-10-16(18)20/h4-7,9-12,19H,2-3,8,13H2,1H3,(H,25,26)/t19-/m0/s1. The molecule has 0 unspecified atom stereocenters. The zero-order chi connectivity index (χ0) is 19.9. The van der Waals surface area contributed by atoms with Gasteiger partial charge in [-0.3, -0.25) is 4.79 Å². The molecule has 0 fully saturated rings. The average molecular weight is 375 g/mol. The number of fused-ring (bicyclic) bond motifs is 2. The third kappa shape index (κ3) is 4.09. The van der Waals surface area contributed by atoms with E-state index in [1.165, 1.54) is 7.11 Å². The minimum Gasteiger partial charge on any atom is -0.467 e. The van der Waals surface area contributed by atoms with Crippen molar-refractivity contribution in [2.45, 2.75) is 31.7 Å². The lowest BCUT2D eigenvalue weighted by molar-refractivity contribution is -0.143. The predicted octanol–water partition coefficient (Wildman–Crippen LogP) is 3.74. The van der Waals surface area contributed by atoms with E-state index in [1.807, 2.05) is 48.5 Å². The molecule has 142 valence electrons. The van der Waals surface area contributed by atoms with Gasteiger partial charge in [0.2, 0.25) is 0 Å². The summed E-state index contributed by atoms with van der Waals surface area (Å²) in [4.78, 5) is 30.0. The summed E-state index contributed by atoms with van der Waals surface area (Å²) in [6.45, 7) is 0. The number of pyridine rings is 1. The Kier molecular flexibility index (Phi) is 6.18. The van der Waals surface area contributed by atoms with E-state index in [0.717, 1.165) is 21.8 Å². The third-order valence-electron chi connectivity index (χ3n) is 4.64. The predicted molar refractivity (Wildman–Crippen MR) is 107 cm³/mol. The van der Waals surface area contributed by atoms with E-state index in [1.54, 1.807) is 0 Å². The molecule has 0 radical (unpaired) electrons. The molecule has 0 aliphatic carbocycles. The van der Waals surface area contributed by atoms with Crippen LogP contribution < -0.4 is 5.32 Å². The minimum atomic E-state index is -0.762. The van der Waals surface area contributed by atoms with Crippen molar-refractivity contribution in [3.05, 3.63) is 54.1 Å². The van der Waals surface area contributed by atoms with Gasteiger partial charge in [0.05, 0.1) is 29.8 Å². The molecule has 0 saturated carbocycles. The smallest absolute Gasteiger partial charge is 0.328 e. The monoisotopic (exact) mass is 375 g/mol. The van der Waals surface area contributed by atoms with Crippen LogP contribution in [0.5, 0.6) is 0 Å². The first-order valence-corrected chi connectivity index (χ1v) is 9.19. The number of esters is 1. The largest absolute Gasteiger partial charge is 0.467 e. The first-order valence-electron chi connectivity index (χ1n) is 9.19. The summed E-state index contributed by atoms with van der Waals surface area (Å²) in [5.74, 6) is -0.835. The third-order valence-corrected chi connectivity index (χ3v) is 4.64. The summed E-state index contributed by atoms with van der Waals surface area (Å²) >= 11 is 0. The van der Waals surface area contributed by atoms with Crippen molar-refractivity contribution < 1.29 is 14.3 Å². The van der Waals surface area contributed by atoms with Crippen molar-refractivity contribution >= 4 is 33.7 Å². The van der Waals surface area contributed by atoms with Gasteiger partial charge in [-0.15, -0.1) is 0 Å². The number of nitrogens with one attached hydrogen (secondary N) is 1. The van der Waals surface area contributed by atoms with Crippen molar-refractivity contribution in [1.29, 1.82) is 5.26 Å². The van der Waals surface area contributed by atoms with E-state index < -0.39 is 12.0 Å². The molecule has 1 atom stereocenters. The molecular formula is C22H21N3O3. The minimum absolute atomic E-state index is 0.342. The SMILES string of the molecule is COC(=O)[C@H](CCCCC#N)NC(=O)c1c2ccccc2nc2ccccc12. The van der Waals surface area contributed by atoms with E-state index in [2.05, 4.69) is 16.4 Å². The van der Waals surface area contributed by atoms with Crippen LogP contribution in [-0.2, 0) is 9.53 Å². The number of nitriles is 1. The maximum atomic E-state index is 13.2. The zero-order valence-corrected chi connectivity index (χ0v) is 15.6. The van der Waals surface area contributed by atoms with Gasteiger partial charge in [-0.1, -0.05) is 36.4 Å². The Labute approximate surface area is 163 Å². The molecule has 0 saturated heterocycles. The average Bonchev–Trinajstić information content (AvgIpc) is 2.73. The van der Waals surface area contributed by atoms with Gasteiger partial charge in [-0.2, -0.15) is 5.26 Å². The highest BCUT2D eigenvalue weighted by atomic mass is 16.5. The number of hydrogen-bond acceptors (Lipinski definition) is 5. The Morgan fingerprint density at radius 3 is 2.25 bits per heavy atom. The molecule has 6 nitrogen and oxygen atoms in total. The van der Waals surface area contributed by atoms with E-state index in [0.29, 0.717) is 31.2 Å². The van der Waals surface area contributed by atoms with E-state index in [-0.39, 0.29) is 5.91 Å². The van der Waals surface area contributed by atoms with E-state index >= 15 is 0 Å².